The van der Waals surface area contributed by atoms with Gasteiger partial charge in [0.05, 0.1) is 18.3 Å². The van der Waals surface area contributed by atoms with Crippen molar-refractivity contribution in [3.63, 3.8) is 0 Å². The molecule has 2 aliphatic carbocycles. The maximum absolute atomic E-state index is 12.9. The van der Waals surface area contributed by atoms with Gasteiger partial charge in [0.1, 0.15) is 0 Å². The molecule has 2 saturated carbocycles. The van der Waals surface area contributed by atoms with Crippen LogP contribution in [0.15, 0.2) is 16.6 Å². The third kappa shape index (κ3) is 4.07. The number of nitrogens with one attached hydrogen (secondary N) is 1. The second-order valence-corrected chi connectivity index (χ2v) is 11.6. The maximum Gasteiger partial charge on any atom is 0.308 e. The van der Waals surface area contributed by atoms with Crippen LogP contribution in [0.1, 0.15) is 24.0 Å². The number of fused-ring (bicyclic) bond motifs is 5. The van der Waals surface area contributed by atoms with Crippen molar-refractivity contribution in [1.82, 2.24) is 4.90 Å². The number of anilines is 1. The van der Waals surface area contributed by atoms with Gasteiger partial charge in [0.15, 0.2) is 6.61 Å². The first-order valence-electron chi connectivity index (χ1n) is 10.5. The van der Waals surface area contributed by atoms with Crippen molar-refractivity contribution < 1.29 is 23.9 Å². The van der Waals surface area contributed by atoms with E-state index in [1.165, 1.54) is 4.90 Å². The summed E-state index contributed by atoms with van der Waals surface area (Å²) in [4.78, 5) is 51.6. The van der Waals surface area contributed by atoms with E-state index in [1.54, 1.807) is 6.07 Å². The second-order valence-electron chi connectivity index (χ2n) is 8.64. The van der Waals surface area contributed by atoms with E-state index in [1.807, 2.05) is 19.9 Å². The van der Waals surface area contributed by atoms with Crippen molar-refractivity contribution in [3.05, 3.63) is 27.7 Å². The van der Waals surface area contributed by atoms with Crippen LogP contribution in [0.5, 0.6) is 0 Å². The average Bonchev–Trinajstić information content (AvgIpc) is 3.36. The van der Waals surface area contributed by atoms with Crippen LogP contribution in [0.4, 0.5) is 5.69 Å². The van der Waals surface area contributed by atoms with Crippen molar-refractivity contribution in [3.8, 4) is 0 Å². The summed E-state index contributed by atoms with van der Waals surface area (Å²) in [6, 6.07) is 3.61. The van der Waals surface area contributed by atoms with E-state index in [0.29, 0.717) is 5.69 Å². The third-order valence-corrected chi connectivity index (χ3v) is 11.0. The largest absolute Gasteiger partial charge is 0.456 e. The summed E-state index contributed by atoms with van der Waals surface area (Å²) in [5.74, 6) is -1.79. The van der Waals surface area contributed by atoms with Crippen LogP contribution in [0.3, 0.4) is 0 Å². The molecule has 1 saturated heterocycles. The average molecular weight is 635 g/mol. The number of nitrogens with zero attached hydrogens (tertiary/aromatic N) is 1. The maximum atomic E-state index is 12.9. The Balaban J connectivity index is 1.27. The molecule has 10 heteroatoms. The molecule has 3 fully saturated rings. The van der Waals surface area contributed by atoms with E-state index in [4.69, 9.17) is 4.74 Å². The summed E-state index contributed by atoms with van der Waals surface area (Å²) >= 11 is 10.7. The highest BCUT2D eigenvalue weighted by molar-refractivity contribution is 9.12. The van der Waals surface area contributed by atoms with Crippen LogP contribution in [-0.2, 0) is 23.9 Å². The van der Waals surface area contributed by atoms with Gasteiger partial charge in [-0.15, -0.1) is 0 Å². The zero-order valence-electron chi connectivity index (χ0n) is 17.6. The molecule has 1 N–H and O–H groups in total. The van der Waals surface area contributed by atoms with Gasteiger partial charge in [-0.3, -0.25) is 24.1 Å². The van der Waals surface area contributed by atoms with Crippen LogP contribution >= 0.6 is 47.8 Å². The molecular formula is C22H23Br3N2O5. The van der Waals surface area contributed by atoms with Crippen molar-refractivity contribution in [1.29, 1.82) is 0 Å². The number of benzene rings is 1. The van der Waals surface area contributed by atoms with E-state index < -0.39 is 18.5 Å². The molecule has 0 spiro atoms. The molecule has 1 aromatic carbocycles. The molecule has 3 amide bonds. The number of carbonyl (C=O) groups excluding carboxylic acids is 4. The zero-order valence-corrected chi connectivity index (χ0v) is 22.3. The molecular weight excluding hydrogens is 612 g/mol. The molecule has 172 valence electrons. The number of hydrogen-bond acceptors (Lipinski definition) is 5. The minimum Gasteiger partial charge on any atom is -0.456 e. The van der Waals surface area contributed by atoms with Crippen molar-refractivity contribution >= 4 is 77.2 Å². The number of esters is 1. The zero-order chi connectivity index (χ0) is 23.3. The summed E-state index contributed by atoms with van der Waals surface area (Å²) in [5, 5.41) is 2.73. The van der Waals surface area contributed by atoms with Gasteiger partial charge in [-0.05, 0) is 55.4 Å². The fourth-order valence-electron chi connectivity index (χ4n) is 5.16. The topological polar surface area (TPSA) is 92.8 Å². The smallest absolute Gasteiger partial charge is 0.308 e. The first-order valence-corrected chi connectivity index (χ1v) is 13.1. The number of likely N-dealkylation sites (tertiary alicyclic amines) is 1. The summed E-state index contributed by atoms with van der Waals surface area (Å²) in [5.41, 5.74) is 2.58. The lowest BCUT2D eigenvalue weighted by molar-refractivity contribution is -0.149. The van der Waals surface area contributed by atoms with Crippen molar-refractivity contribution in [2.45, 2.75) is 36.3 Å². The van der Waals surface area contributed by atoms with Gasteiger partial charge >= 0.3 is 5.97 Å². The van der Waals surface area contributed by atoms with E-state index in [-0.39, 0.29) is 58.1 Å². The molecule has 3 aliphatic rings. The van der Waals surface area contributed by atoms with Crippen LogP contribution in [0.2, 0.25) is 0 Å². The lowest BCUT2D eigenvalue weighted by atomic mass is 9.81. The van der Waals surface area contributed by atoms with E-state index in [0.717, 1.165) is 22.0 Å². The number of amides is 3. The molecule has 32 heavy (non-hydrogen) atoms. The number of halogens is 3. The van der Waals surface area contributed by atoms with Gasteiger partial charge < -0.3 is 10.1 Å². The predicted octanol–water partition coefficient (Wildman–Crippen LogP) is 3.72. The summed E-state index contributed by atoms with van der Waals surface area (Å²) in [7, 11) is 0. The minimum atomic E-state index is -0.624. The highest BCUT2D eigenvalue weighted by Gasteiger charge is 2.66. The molecule has 0 aromatic heterocycles. The number of rotatable bonds is 6. The number of alkyl halides is 2. The number of hydrogen-bond donors (Lipinski definition) is 1. The molecule has 4 rings (SSSR count). The fraction of sp³-hybridized carbons (Fsp3) is 0.545. The lowest BCUT2D eigenvalue weighted by Crippen LogP contribution is -2.37. The van der Waals surface area contributed by atoms with E-state index >= 15 is 0 Å². The Morgan fingerprint density at radius 2 is 1.66 bits per heavy atom. The van der Waals surface area contributed by atoms with Gasteiger partial charge in [-0.2, -0.15) is 0 Å². The molecule has 6 atom stereocenters. The summed E-state index contributed by atoms with van der Waals surface area (Å²) in [6.45, 7) is 3.38. The molecule has 0 radical (unpaired) electrons. The molecule has 1 heterocycles. The van der Waals surface area contributed by atoms with Crippen LogP contribution in [0.25, 0.3) is 0 Å². The third-order valence-electron chi connectivity index (χ3n) is 6.98. The predicted molar refractivity (Wildman–Crippen MR) is 129 cm³/mol. The van der Waals surface area contributed by atoms with Crippen LogP contribution in [0, 0.1) is 37.5 Å². The first kappa shape index (κ1) is 23.9. The number of ether oxygens (including phenoxy) is 1. The van der Waals surface area contributed by atoms with Gasteiger partial charge in [-0.25, -0.2) is 0 Å². The first-order chi connectivity index (χ1) is 15.1. The van der Waals surface area contributed by atoms with Gasteiger partial charge in [0, 0.05) is 26.4 Å². The quantitative estimate of drug-likeness (QED) is 0.293. The number of carbonyl (C=O) groups is 4. The monoisotopic (exact) mass is 632 g/mol. The molecule has 1 aromatic rings. The lowest BCUT2D eigenvalue weighted by Gasteiger charge is -2.28. The van der Waals surface area contributed by atoms with Crippen molar-refractivity contribution in [2.24, 2.45) is 23.7 Å². The van der Waals surface area contributed by atoms with E-state index in [2.05, 4.69) is 53.1 Å². The molecule has 1 aliphatic heterocycles. The highest BCUT2D eigenvalue weighted by atomic mass is 79.9. The minimum absolute atomic E-state index is 0.0184. The Morgan fingerprint density at radius 3 is 2.25 bits per heavy atom. The Morgan fingerprint density at radius 1 is 1.06 bits per heavy atom. The molecule has 0 unspecified atom stereocenters. The Labute approximate surface area is 211 Å². The Hall–Kier alpha value is -1.26. The second kappa shape index (κ2) is 9.18. The fourth-order valence-corrected chi connectivity index (χ4v) is 7.46. The summed E-state index contributed by atoms with van der Waals surface area (Å²) < 4.78 is 6.00. The van der Waals surface area contributed by atoms with Crippen LogP contribution in [-0.4, -0.2) is 51.4 Å². The van der Waals surface area contributed by atoms with Gasteiger partial charge in [-0.1, -0.05) is 47.8 Å². The molecule has 2 bridgehead atoms. The van der Waals surface area contributed by atoms with Gasteiger partial charge in [0.2, 0.25) is 11.8 Å². The highest BCUT2D eigenvalue weighted by Crippen LogP contribution is 2.60. The normalized spacial score (nSPS) is 30.6. The summed E-state index contributed by atoms with van der Waals surface area (Å²) in [6.07, 6.45) is 0.729. The van der Waals surface area contributed by atoms with Gasteiger partial charge in [0.25, 0.3) is 5.91 Å². The van der Waals surface area contributed by atoms with Crippen molar-refractivity contribution in [2.75, 3.05) is 18.5 Å². The van der Waals surface area contributed by atoms with Crippen LogP contribution < -0.4 is 5.32 Å². The molecule has 7 nitrogen and oxygen atoms in total. The van der Waals surface area contributed by atoms with E-state index in [9.17, 15) is 19.2 Å². The standard InChI is InChI=1S/C22H23Br3N2O5/c1-9-10(2)14(4-3-13(9)23)26-15(28)8-32-16(29)5-6-27-21(30)17-11-7-12(18(17)22(27)31)20(25)19(11)24/h3-4,11-12,17-20H,5-8H2,1-2H3,(H,26,28)/t11-,12-,17-,18+,19+,20+/m1/s1. The Bertz CT molecular complexity index is 968. The Kier molecular flexibility index (Phi) is 6.85. The SMILES string of the molecule is Cc1c(Br)ccc(NC(=O)COC(=O)CCN2C(=O)[C@@H]3[C@H]4C[C@@H]([C@H](Br)[C@H]4Br)[C@@H]3C2=O)c1C. The number of imide groups is 1.